The van der Waals surface area contributed by atoms with Crippen LogP contribution in [0.25, 0.3) is 0 Å². The SMILES string of the molecule is CCC1(C)C2=C(C(=O)N1C(C)C)N(C)C(NCCCN1CCCC1=O)N=C2N. The highest BCUT2D eigenvalue weighted by Crippen LogP contribution is 2.42. The summed E-state index contributed by atoms with van der Waals surface area (Å²) < 4.78 is 0. The molecule has 0 aromatic heterocycles. The highest BCUT2D eigenvalue weighted by molar-refractivity contribution is 6.12. The van der Waals surface area contributed by atoms with E-state index in [2.05, 4.69) is 24.2 Å². The molecule has 2 unspecified atom stereocenters. The van der Waals surface area contributed by atoms with Crippen LogP contribution in [-0.2, 0) is 9.59 Å². The maximum Gasteiger partial charge on any atom is 0.271 e. The molecule has 0 aromatic rings. The maximum atomic E-state index is 13.2. The van der Waals surface area contributed by atoms with Crippen molar-refractivity contribution < 1.29 is 9.59 Å². The Balaban J connectivity index is 1.70. The van der Waals surface area contributed by atoms with E-state index in [0.717, 1.165) is 37.9 Å². The second-order valence-electron chi connectivity index (χ2n) is 8.41. The van der Waals surface area contributed by atoms with Crippen molar-refractivity contribution in [1.82, 2.24) is 20.0 Å². The van der Waals surface area contributed by atoms with Crippen LogP contribution >= 0.6 is 0 Å². The largest absolute Gasteiger partial charge is 0.384 e. The third kappa shape index (κ3) is 3.27. The molecule has 156 valence electrons. The van der Waals surface area contributed by atoms with Gasteiger partial charge in [-0.2, -0.15) is 0 Å². The lowest BCUT2D eigenvalue weighted by molar-refractivity contribution is -0.133. The first-order valence-corrected chi connectivity index (χ1v) is 10.4. The van der Waals surface area contributed by atoms with Gasteiger partial charge in [-0.3, -0.25) is 14.9 Å². The molecule has 3 heterocycles. The van der Waals surface area contributed by atoms with Crippen molar-refractivity contribution in [1.29, 1.82) is 0 Å². The number of amidine groups is 1. The third-order valence-electron chi connectivity index (χ3n) is 6.27. The topological polar surface area (TPSA) is 94.3 Å². The number of nitrogens with two attached hydrogens (primary N) is 1. The molecule has 2 atom stereocenters. The van der Waals surface area contributed by atoms with Gasteiger partial charge in [-0.15, -0.1) is 0 Å². The number of rotatable bonds is 7. The van der Waals surface area contributed by atoms with Crippen LogP contribution in [0.15, 0.2) is 16.3 Å². The van der Waals surface area contributed by atoms with Crippen LogP contribution in [-0.4, -0.2) is 76.9 Å². The molecule has 2 amide bonds. The number of hydrogen-bond acceptors (Lipinski definition) is 6. The van der Waals surface area contributed by atoms with E-state index in [4.69, 9.17) is 5.73 Å². The predicted molar refractivity (Wildman–Crippen MR) is 109 cm³/mol. The van der Waals surface area contributed by atoms with Crippen molar-refractivity contribution in [2.75, 3.05) is 26.7 Å². The zero-order valence-corrected chi connectivity index (χ0v) is 17.8. The average Bonchev–Trinajstić information content (AvgIpc) is 3.15. The van der Waals surface area contributed by atoms with Crippen LogP contribution in [0.1, 0.15) is 53.4 Å². The first-order chi connectivity index (χ1) is 13.2. The highest BCUT2D eigenvalue weighted by Gasteiger charge is 2.52. The van der Waals surface area contributed by atoms with Crippen LogP contribution in [0, 0.1) is 0 Å². The van der Waals surface area contributed by atoms with E-state index in [1.165, 1.54) is 0 Å². The molecule has 0 bridgehead atoms. The molecule has 0 radical (unpaired) electrons. The van der Waals surface area contributed by atoms with Gasteiger partial charge < -0.3 is 20.4 Å². The molecule has 8 nitrogen and oxygen atoms in total. The van der Waals surface area contributed by atoms with Gasteiger partial charge in [0.2, 0.25) is 5.91 Å². The number of amides is 2. The van der Waals surface area contributed by atoms with E-state index in [1.54, 1.807) is 0 Å². The van der Waals surface area contributed by atoms with E-state index in [-0.39, 0.29) is 24.1 Å². The predicted octanol–water partition coefficient (Wildman–Crippen LogP) is 0.848. The smallest absolute Gasteiger partial charge is 0.271 e. The van der Waals surface area contributed by atoms with Crippen LogP contribution in [0.2, 0.25) is 0 Å². The van der Waals surface area contributed by atoms with Crippen LogP contribution in [0.5, 0.6) is 0 Å². The molecule has 3 N–H and O–H groups in total. The number of hydrogen-bond donors (Lipinski definition) is 2. The number of nitrogens with one attached hydrogen (secondary N) is 1. The van der Waals surface area contributed by atoms with Crippen LogP contribution < -0.4 is 11.1 Å². The zero-order valence-electron chi connectivity index (χ0n) is 17.8. The summed E-state index contributed by atoms with van der Waals surface area (Å²) in [5, 5.41) is 3.38. The molecule has 0 aliphatic carbocycles. The standard InChI is InChI=1S/C20H34N6O2/c1-6-20(4)15-16(18(28)26(20)13(2)3)24(5)19(23-17(15)21)22-10-8-12-25-11-7-9-14(25)27/h13,19,22H,6-12H2,1-5H3,(H2,21,23). The Bertz CT molecular complexity index is 715. The number of aliphatic imine (C=N–C) groups is 1. The fraction of sp³-hybridized carbons (Fsp3) is 0.750. The molecular formula is C20H34N6O2. The Kier molecular flexibility index (Phi) is 5.70. The minimum absolute atomic E-state index is 0.0177. The van der Waals surface area contributed by atoms with Crippen molar-refractivity contribution in [3.05, 3.63) is 11.3 Å². The molecule has 3 rings (SSSR count). The normalized spacial score (nSPS) is 28.0. The van der Waals surface area contributed by atoms with Crippen LogP contribution in [0.4, 0.5) is 0 Å². The zero-order chi connectivity index (χ0) is 20.6. The molecule has 0 spiro atoms. The summed E-state index contributed by atoms with van der Waals surface area (Å²) >= 11 is 0. The number of nitrogens with zero attached hydrogens (tertiary/aromatic N) is 4. The van der Waals surface area contributed by atoms with Crippen molar-refractivity contribution >= 4 is 17.6 Å². The Morgan fingerprint density at radius 2 is 2.07 bits per heavy atom. The van der Waals surface area contributed by atoms with Crippen molar-refractivity contribution in [3.63, 3.8) is 0 Å². The molecule has 1 saturated heterocycles. The number of likely N-dealkylation sites (tertiary alicyclic amines) is 1. The van der Waals surface area contributed by atoms with Gasteiger partial charge in [-0.25, -0.2) is 4.99 Å². The summed E-state index contributed by atoms with van der Waals surface area (Å²) in [4.78, 5) is 35.4. The van der Waals surface area contributed by atoms with Crippen molar-refractivity contribution in [2.45, 2.75) is 71.2 Å². The lowest BCUT2D eigenvalue weighted by Crippen LogP contribution is -2.51. The minimum atomic E-state index is -0.441. The summed E-state index contributed by atoms with van der Waals surface area (Å²) in [5.41, 5.74) is 7.42. The molecule has 1 fully saturated rings. The van der Waals surface area contributed by atoms with E-state index in [9.17, 15) is 9.59 Å². The Labute approximate surface area is 167 Å². The molecule has 3 aliphatic heterocycles. The van der Waals surface area contributed by atoms with E-state index < -0.39 is 5.54 Å². The maximum absolute atomic E-state index is 13.2. The number of likely N-dealkylation sites (N-methyl/N-ethyl adjacent to an activating group) is 1. The average molecular weight is 391 g/mol. The van der Waals surface area contributed by atoms with Gasteiger partial charge >= 0.3 is 0 Å². The second-order valence-corrected chi connectivity index (χ2v) is 8.41. The molecule has 8 heteroatoms. The Morgan fingerprint density at radius 3 is 2.64 bits per heavy atom. The van der Waals surface area contributed by atoms with E-state index >= 15 is 0 Å². The summed E-state index contributed by atoms with van der Waals surface area (Å²) in [6, 6.07) is 0.0775. The molecule has 3 aliphatic rings. The molecular weight excluding hydrogens is 356 g/mol. The second kappa shape index (κ2) is 7.73. The summed E-state index contributed by atoms with van der Waals surface area (Å²) in [6.45, 7) is 10.5. The fourth-order valence-corrected chi connectivity index (χ4v) is 4.73. The van der Waals surface area contributed by atoms with Gasteiger partial charge in [0.1, 0.15) is 11.5 Å². The van der Waals surface area contributed by atoms with Gasteiger partial charge in [-0.1, -0.05) is 6.92 Å². The Morgan fingerprint density at radius 1 is 1.36 bits per heavy atom. The first-order valence-electron chi connectivity index (χ1n) is 10.4. The van der Waals surface area contributed by atoms with E-state index in [1.807, 2.05) is 35.6 Å². The van der Waals surface area contributed by atoms with Gasteiger partial charge in [0.25, 0.3) is 5.91 Å². The summed E-state index contributed by atoms with van der Waals surface area (Å²) in [5.74, 6) is 0.710. The van der Waals surface area contributed by atoms with Gasteiger partial charge in [0, 0.05) is 44.7 Å². The van der Waals surface area contributed by atoms with Gasteiger partial charge in [0.15, 0.2) is 6.29 Å². The van der Waals surface area contributed by atoms with Crippen molar-refractivity contribution in [3.8, 4) is 0 Å². The van der Waals surface area contributed by atoms with Crippen molar-refractivity contribution in [2.24, 2.45) is 10.7 Å². The van der Waals surface area contributed by atoms with Crippen LogP contribution in [0.3, 0.4) is 0 Å². The summed E-state index contributed by atoms with van der Waals surface area (Å²) in [6.07, 6.45) is 2.88. The molecule has 0 saturated carbocycles. The lowest BCUT2D eigenvalue weighted by Gasteiger charge is -2.39. The third-order valence-corrected chi connectivity index (χ3v) is 6.27. The van der Waals surface area contributed by atoms with E-state index in [0.29, 0.717) is 24.5 Å². The minimum Gasteiger partial charge on any atom is -0.384 e. The number of carbonyl (C=O) groups excluding carboxylic acids is 2. The van der Waals surface area contributed by atoms with Gasteiger partial charge in [-0.05, 0) is 40.0 Å². The lowest BCUT2D eigenvalue weighted by atomic mass is 9.87. The fourth-order valence-electron chi connectivity index (χ4n) is 4.73. The van der Waals surface area contributed by atoms with Gasteiger partial charge in [0.05, 0.1) is 5.54 Å². The first kappa shape index (κ1) is 20.6. The highest BCUT2D eigenvalue weighted by atomic mass is 16.2. The molecule has 0 aromatic carbocycles. The Hall–Kier alpha value is -2.09. The molecule has 28 heavy (non-hydrogen) atoms. The number of carbonyl (C=O) groups is 2. The monoisotopic (exact) mass is 390 g/mol. The summed E-state index contributed by atoms with van der Waals surface area (Å²) in [7, 11) is 1.89. The quantitative estimate of drug-likeness (QED) is 0.629.